The van der Waals surface area contributed by atoms with Crippen LogP contribution in [0.5, 0.6) is 0 Å². The summed E-state index contributed by atoms with van der Waals surface area (Å²) in [5.74, 6) is 0.745. The SMILES string of the molecule is CC1(C)COCCC1(N)C(=O)N[C@@H]1C[C@H]2CC[C@]1(C)C2(C)C. The molecule has 0 spiro atoms. The molecule has 3 aliphatic rings. The molecule has 0 aromatic rings. The number of amides is 1. The van der Waals surface area contributed by atoms with E-state index in [0.29, 0.717) is 25.0 Å². The third kappa shape index (κ3) is 1.92. The Morgan fingerprint density at radius 1 is 1.18 bits per heavy atom. The van der Waals surface area contributed by atoms with Crippen molar-refractivity contribution >= 4 is 5.91 Å². The van der Waals surface area contributed by atoms with Gasteiger partial charge in [-0.05, 0) is 42.4 Å². The minimum Gasteiger partial charge on any atom is -0.381 e. The van der Waals surface area contributed by atoms with Crippen LogP contribution in [0, 0.1) is 22.2 Å². The summed E-state index contributed by atoms with van der Waals surface area (Å²) in [5, 5.41) is 3.35. The Kier molecular flexibility index (Phi) is 3.47. The van der Waals surface area contributed by atoms with E-state index in [1.165, 1.54) is 12.8 Å². The topological polar surface area (TPSA) is 64.3 Å². The fraction of sp³-hybridized carbons (Fsp3) is 0.944. The van der Waals surface area contributed by atoms with E-state index in [9.17, 15) is 4.79 Å². The van der Waals surface area contributed by atoms with Gasteiger partial charge in [-0.1, -0.05) is 34.6 Å². The largest absolute Gasteiger partial charge is 0.381 e. The zero-order chi connectivity index (χ0) is 16.4. The van der Waals surface area contributed by atoms with Gasteiger partial charge in [0.2, 0.25) is 5.91 Å². The van der Waals surface area contributed by atoms with Crippen LogP contribution in [0.4, 0.5) is 0 Å². The van der Waals surface area contributed by atoms with Crippen molar-refractivity contribution in [2.75, 3.05) is 13.2 Å². The van der Waals surface area contributed by atoms with Gasteiger partial charge in [-0.15, -0.1) is 0 Å². The van der Waals surface area contributed by atoms with E-state index in [0.717, 1.165) is 12.3 Å². The maximum atomic E-state index is 13.0. The van der Waals surface area contributed by atoms with Crippen LogP contribution in [0.2, 0.25) is 0 Å². The van der Waals surface area contributed by atoms with Crippen LogP contribution in [-0.4, -0.2) is 30.7 Å². The Balaban J connectivity index is 1.78. The van der Waals surface area contributed by atoms with E-state index in [1.54, 1.807) is 0 Å². The van der Waals surface area contributed by atoms with E-state index in [2.05, 4.69) is 26.1 Å². The highest BCUT2D eigenvalue weighted by Crippen LogP contribution is 2.65. The van der Waals surface area contributed by atoms with Gasteiger partial charge >= 0.3 is 0 Å². The van der Waals surface area contributed by atoms with Gasteiger partial charge in [-0.3, -0.25) is 4.79 Å². The van der Waals surface area contributed by atoms with E-state index in [-0.39, 0.29) is 22.8 Å². The predicted molar refractivity (Wildman–Crippen MR) is 87.3 cm³/mol. The van der Waals surface area contributed by atoms with Gasteiger partial charge in [-0.25, -0.2) is 0 Å². The van der Waals surface area contributed by atoms with Crippen molar-refractivity contribution in [1.29, 1.82) is 0 Å². The molecule has 4 nitrogen and oxygen atoms in total. The Bertz CT molecular complexity index is 487. The molecule has 1 unspecified atom stereocenters. The van der Waals surface area contributed by atoms with Crippen molar-refractivity contribution in [1.82, 2.24) is 5.32 Å². The van der Waals surface area contributed by atoms with Crippen LogP contribution in [0.15, 0.2) is 0 Å². The second kappa shape index (κ2) is 4.70. The highest BCUT2D eigenvalue weighted by atomic mass is 16.5. The van der Waals surface area contributed by atoms with Crippen LogP contribution >= 0.6 is 0 Å². The number of carbonyl (C=O) groups excluding carboxylic acids is 1. The monoisotopic (exact) mass is 308 g/mol. The molecule has 3 fully saturated rings. The zero-order valence-corrected chi connectivity index (χ0v) is 14.8. The summed E-state index contributed by atoms with van der Waals surface area (Å²) in [5.41, 5.74) is 5.92. The lowest BCUT2D eigenvalue weighted by Gasteiger charge is -2.47. The number of nitrogens with one attached hydrogen (secondary N) is 1. The molecule has 3 N–H and O–H groups in total. The standard InChI is InChI=1S/C18H32N2O2/c1-15(2)11-22-9-8-18(15,19)14(21)20-13-10-12-6-7-17(13,5)16(12,3)4/h12-13H,6-11,19H2,1-5H3,(H,20,21)/t12-,13-,17+,18?/m1/s1. The predicted octanol–water partition coefficient (Wildman–Crippen LogP) is 2.46. The average Bonchev–Trinajstić information content (AvgIpc) is 2.75. The van der Waals surface area contributed by atoms with Gasteiger partial charge in [0.15, 0.2) is 0 Å². The highest BCUT2D eigenvalue weighted by molar-refractivity contribution is 5.87. The van der Waals surface area contributed by atoms with Gasteiger partial charge in [0.1, 0.15) is 5.54 Å². The third-order valence-electron chi connectivity index (χ3n) is 7.82. The summed E-state index contributed by atoms with van der Waals surface area (Å²) in [4.78, 5) is 13.0. The second-order valence-electron chi connectivity index (χ2n) is 9.29. The van der Waals surface area contributed by atoms with Crippen LogP contribution in [0.25, 0.3) is 0 Å². The normalized spacial score (nSPS) is 45.7. The fourth-order valence-corrected chi connectivity index (χ4v) is 5.16. The summed E-state index contributed by atoms with van der Waals surface area (Å²) in [6, 6.07) is 0.257. The second-order valence-corrected chi connectivity index (χ2v) is 9.29. The number of rotatable bonds is 2. The Morgan fingerprint density at radius 2 is 1.86 bits per heavy atom. The highest BCUT2D eigenvalue weighted by Gasteiger charge is 2.62. The molecule has 0 aromatic carbocycles. The van der Waals surface area contributed by atoms with Crippen molar-refractivity contribution in [2.24, 2.45) is 27.9 Å². The lowest BCUT2D eigenvalue weighted by Crippen LogP contribution is -2.68. The molecule has 4 heteroatoms. The Labute approximate surface area is 134 Å². The molecule has 0 radical (unpaired) electrons. The molecule has 2 bridgehead atoms. The minimum atomic E-state index is -0.826. The van der Waals surface area contributed by atoms with Gasteiger partial charge in [0.25, 0.3) is 0 Å². The van der Waals surface area contributed by atoms with Crippen LogP contribution in [0.3, 0.4) is 0 Å². The first kappa shape index (κ1) is 16.3. The zero-order valence-electron chi connectivity index (χ0n) is 14.8. The molecule has 1 saturated heterocycles. The summed E-state index contributed by atoms with van der Waals surface area (Å²) in [6.45, 7) is 12.3. The van der Waals surface area contributed by atoms with Crippen molar-refractivity contribution in [2.45, 2.75) is 71.9 Å². The summed E-state index contributed by atoms with van der Waals surface area (Å²) in [6.07, 6.45) is 4.20. The number of carbonyl (C=O) groups is 1. The van der Waals surface area contributed by atoms with Gasteiger partial charge in [0, 0.05) is 18.1 Å². The first-order valence-electron chi connectivity index (χ1n) is 8.72. The first-order chi connectivity index (χ1) is 10.0. The summed E-state index contributed by atoms with van der Waals surface area (Å²) in [7, 11) is 0. The maximum absolute atomic E-state index is 13.0. The van der Waals surface area contributed by atoms with Crippen molar-refractivity contribution in [3.63, 3.8) is 0 Å². The average molecular weight is 308 g/mol. The van der Waals surface area contributed by atoms with Crippen LogP contribution in [0.1, 0.15) is 60.3 Å². The summed E-state index contributed by atoms with van der Waals surface area (Å²) < 4.78 is 5.54. The molecule has 0 aromatic heterocycles. The molecule has 2 aliphatic carbocycles. The quantitative estimate of drug-likeness (QED) is 0.823. The van der Waals surface area contributed by atoms with Gasteiger partial charge < -0.3 is 15.8 Å². The molecule has 1 aliphatic heterocycles. The molecule has 22 heavy (non-hydrogen) atoms. The molecule has 4 atom stereocenters. The number of hydrogen-bond donors (Lipinski definition) is 2. The van der Waals surface area contributed by atoms with Crippen LogP contribution < -0.4 is 11.1 Å². The fourth-order valence-electron chi connectivity index (χ4n) is 5.16. The smallest absolute Gasteiger partial charge is 0.241 e. The maximum Gasteiger partial charge on any atom is 0.241 e. The van der Waals surface area contributed by atoms with Crippen molar-refractivity contribution in [3.8, 4) is 0 Å². The van der Waals surface area contributed by atoms with Crippen LogP contribution in [-0.2, 0) is 9.53 Å². The molecular weight excluding hydrogens is 276 g/mol. The lowest BCUT2D eigenvalue weighted by molar-refractivity contribution is -0.141. The number of fused-ring (bicyclic) bond motifs is 2. The van der Waals surface area contributed by atoms with E-state index in [1.807, 2.05) is 13.8 Å². The van der Waals surface area contributed by atoms with Crippen molar-refractivity contribution in [3.05, 3.63) is 0 Å². The van der Waals surface area contributed by atoms with E-state index in [4.69, 9.17) is 10.5 Å². The van der Waals surface area contributed by atoms with Gasteiger partial charge in [0.05, 0.1) is 6.61 Å². The number of nitrogens with two attached hydrogens (primary N) is 1. The molecular formula is C18H32N2O2. The summed E-state index contributed by atoms with van der Waals surface area (Å²) >= 11 is 0. The van der Waals surface area contributed by atoms with E-state index < -0.39 is 5.54 Å². The number of ether oxygens (including phenoxy) is 1. The Hall–Kier alpha value is -0.610. The number of hydrogen-bond acceptors (Lipinski definition) is 3. The lowest BCUT2D eigenvalue weighted by atomic mass is 9.67. The molecule has 1 heterocycles. The molecule has 1 amide bonds. The minimum absolute atomic E-state index is 0.0235. The molecule has 3 rings (SSSR count). The molecule has 2 saturated carbocycles. The third-order valence-corrected chi connectivity index (χ3v) is 7.82. The van der Waals surface area contributed by atoms with Gasteiger partial charge in [-0.2, -0.15) is 0 Å². The first-order valence-corrected chi connectivity index (χ1v) is 8.72. The Morgan fingerprint density at radius 3 is 2.36 bits per heavy atom. The molecule has 126 valence electrons. The van der Waals surface area contributed by atoms with E-state index >= 15 is 0 Å². The van der Waals surface area contributed by atoms with Crippen molar-refractivity contribution < 1.29 is 9.53 Å².